The zero-order chi connectivity index (χ0) is 20.4. The monoisotopic (exact) mass is 396 g/mol. The summed E-state index contributed by atoms with van der Waals surface area (Å²) in [7, 11) is 1.74. The van der Waals surface area contributed by atoms with Crippen LogP contribution in [0.15, 0.2) is 71.4 Å². The molecule has 146 valence electrons. The molecule has 0 spiro atoms. The molecule has 0 aliphatic rings. The van der Waals surface area contributed by atoms with Crippen LogP contribution in [0.1, 0.15) is 5.56 Å². The maximum atomic E-state index is 13.3. The molecule has 0 saturated carbocycles. The van der Waals surface area contributed by atoms with Crippen LogP contribution in [0.2, 0.25) is 0 Å². The lowest BCUT2D eigenvalue weighted by Gasteiger charge is -2.12. The molecule has 4 rings (SSSR count). The summed E-state index contributed by atoms with van der Waals surface area (Å²) in [5.41, 5.74) is 1.18. The number of pyridine rings is 1. The molecule has 0 saturated heterocycles. The molecule has 0 fully saturated rings. The second-order valence-corrected chi connectivity index (χ2v) is 6.19. The molecule has 2 heterocycles. The Hall–Kier alpha value is -3.68. The van der Waals surface area contributed by atoms with Gasteiger partial charge in [0.2, 0.25) is 5.82 Å². The van der Waals surface area contributed by atoms with Crippen LogP contribution in [0, 0.1) is 0 Å². The van der Waals surface area contributed by atoms with Gasteiger partial charge in [0, 0.05) is 18.8 Å². The van der Waals surface area contributed by atoms with Crippen LogP contribution in [-0.2, 0) is 6.18 Å². The van der Waals surface area contributed by atoms with Gasteiger partial charge < -0.3 is 9.84 Å². The number of halogens is 3. The molecule has 29 heavy (non-hydrogen) atoms. The van der Waals surface area contributed by atoms with Gasteiger partial charge in [-0.15, -0.1) is 0 Å². The first-order valence-corrected chi connectivity index (χ1v) is 8.71. The summed E-state index contributed by atoms with van der Waals surface area (Å²) in [5, 5.41) is 6.95. The summed E-state index contributed by atoms with van der Waals surface area (Å²) in [5.74, 6) is 1.24. The first-order chi connectivity index (χ1) is 14.0. The third kappa shape index (κ3) is 3.69. The SMILES string of the molecule is CNc1ncccc1-c1noc(-c2ccc(-c3ccccc3C(F)(F)F)cc2)n1. The summed E-state index contributed by atoms with van der Waals surface area (Å²) in [6, 6.07) is 15.6. The van der Waals surface area contributed by atoms with Gasteiger partial charge in [0.15, 0.2) is 0 Å². The van der Waals surface area contributed by atoms with E-state index in [1.807, 2.05) is 6.07 Å². The number of nitrogens with zero attached hydrogens (tertiary/aromatic N) is 3. The maximum Gasteiger partial charge on any atom is 0.417 e. The van der Waals surface area contributed by atoms with Crippen LogP contribution >= 0.6 is 0 Å². The minimum absolute atomic E-state index is 0.117. The van der Waals surface area contributed by atoms with Gasteiger partial charge in [-0.25, -0.2) is 4.98 Å². The topological polar surface area (TPSA) is 63.8 Å². The van der Waals surface area contributed by atoms with E-state index in [2.05, 4.69) is 20.4 Å². The van der Waals surface area contributed by atoms with Crippen molar-refractivity contribution in [3.05, 3.63) is 72.4 Å². The molecule has 5 nitrogen and oxygen atoms in total. The highest BCUT2D eigenvalue weighted by Crippen LogP contribution is 2.37. The highest BCUT2D eigenvalue weighted by molar-refractivity contribution is 5.73. The fraction of sp³-hybridized carbons (Fsp3) is 0.0952. The number of nitrogens with one attached hydrogen (secondary N) is 1. The first kappa shape index (κ1) is 18.7. The van der Waals surface area contributed by atoms with E-state index in [0.717, 1.165) is 6.07 Å². The third-order valence-corrected chi connectivity index (χ3v) is 4.39. The Morgan fingerprint density at radius 2 is 1.55 bits per heavy atom. The van der Waals surface area contributed by atoms with E-state index in [-0.39, 0.29) is 11.5 Å². The Kier molecular flexibility index (Phi) is 4.75. The van der Waals surface area contributed by atoms with Crippen molar-refractivity contribution in [2.75, 3.05) is 12.4 Å². The highest BCUT2D eigenvalue weighted by Gasteiger charge is 2.33. The molecule has 2 aromatic carbocycles. The maximum absolute atomic E-state index is 13.3. The first-order valence-electron chi connectivity index (χ1n) is 8.71. The molecule has 0 bridgehead atoms. The average Bonchev–Trinajstić information content (AvgIpc) is 3.23. The van der Waals surface area contributed by atoms with Crippen molar-refractivity contribution in [3.63, 3.8) is 0 Å². The molecule has 0 unspecified atom stereocenters. The highest BCUT2D eigenvalue weighted by atomic mass is 19.4. The molecule has 0 amide bonds. The molecular weight excluding hydrogens is 381 g/mol. The zero-order valence-electron chi connectivity index (χ0n) is 15.2. The molecule has 0 radical (unpaired) electrons. The minimum atomic E-state index is -4.43. The van der Waals surface area contributed by atoms with E-state index in [1.54, 1.807) is 49.6 Å². The number of alkyl halides is 3. The molecule has 8 heteroatoms. The smallest absolute Gasteiger partial charge is 0.373 e. The van der Waals surface area contributed by atoms with Crippen LogP contribution in [0.4, 0.5) is 19.0 Å². The molecular formula is C21H15F3N4O. The second kappa shape index (κ2) is 7.38. The van der Waals surface area contributed by atoms with Crippen LogP contribution < -0.4 is 5.32 Å². The van der Waals surface area contributed by atoms with Crippen molar-refractivity contribution in [3.8, 4) is 34.0 Å². The van der Waals surface area contributed by atoms with Gasteiger partial charge in [-0.05, 0) is 41.5 Å². The molecule has 4 aromatic rings. The van der Waals surface area contributed by atoms with Gasteiger partial charge in [-0.2, -0.15) is 18.2 Å². The fourth-order valence-corrected chi connectivity index (χ4v) is 3.01. The lowest BCUT2D eigenvalue weighted by Crippen LogP contribution is -2.06. The summed E-state index contributed by atoms with van der Waals surface area (Å²) >= 11 is 0. The van der Waals surface area contributed by atoms with E-state index in [9.17, 15) is 13.2 Å². The summed E-state index contributed by atoms with van der Waals surface area (Å²) < 4.78 is 45.1. The number of aromatic nitrogens is 3. The predicted octanol–water partition coefficient (Wildman–Crippen LogP) is 5.53. The second-order valence-electron chi connectivity index (χ2n) is 6.19. The Morgan fingerprint density at radius 3 is 2.28 bits per heavy atom. The fourth-order valence-electron chi connectivity index (χ4n) is 3.01. The van der Waals surface area contributed by atoms with Crippen LogP contribution in [0.25, 0.3) is 34.0 Å². The lowest BCUT2D eigenvalue weighted by atomic mass is 9.98. The lowest BCUT2D eigenvalue weighted by molar-refractivity contribution is -0.137. The van der Waals surface area contributed by atoms with Gasteiger partial charge in [0.25, 0.3) is 5.89 Å². The van der Waals surface area contributed by atoms with Gasteiger partial charge in [-0.3, -0.25) is 0 Å². The van der Waals surface area contributed by atoms with Crippen LogP contribution in [0.3, 0.4) is 0 Å². The van der Waals surface area contributed by atoms with E-state index in [1.165, 1.54) is 12.1 Å². The van der Waals surface area contributed by atoms with Crippen molar-refractivity contribution in [1.29, 1.82) is 0 Å². The molecule has 0 aliphatic carbocycles. The van der Waals surface area contributed by atoms with Crippen LogP contribution in [0.5, 0.6) is 0 Å². The standard InChI is InChI=1S/C21H15F3N4O/c1-25-18-16(6-4-12-26-18)19-27-20(29-28-19)14-10-8-13(9-11-14)15-5-2-3-7-17(15)21(22,23)24/h2-12H,1H3,(H,25,26). The van der Waals surface area contributed by atoms with Crippen molar-refractivity contribution in [2.24, 2.45) is 0 Å². The molecule has 1 N–H and O–H groups in total. The van der Waals surface area contributed by atoms with E-state index < -0.39 is 11.7 Å². The van der Waals surface area contributed by atoms with Gasteiger partial charge in [-0.1, -0.05) is 35.5 Å². The molecule has 0 atom stereocenters. The van der Waals surface area contributed by atoms with E-state index >= 15 is 0 Å². The number of hydrogen-bond donors (Lipinski definition) is 1. The number of benzene rings is 2. The van der Waals surface area contributed by atoms with Crippen molar-refractivity contribution >= 4 is 5.82 Å². The van der Waals surface area contributed by atoms with Crippen LogP contribution in [-0.4, -0.2) is 22.2 Å². The predicted molar refractivity (Wildman–Crippen MR) is 103 cm³/mol. The van der Waals surface area contributed by atoms with Gasteiger partial charge in [0.1, 0.15) is 5.82 Å². The Balaban J connectivity index is 1.66. The normalized spacial score (nSPS) is 11.4. The number of rotatable bonds is 4. The molecule has 2 aromatic heterocycles. The summed E-state index contributed by atoms with van der Waals surface area (Å²) in [6.07, 6.45) is -2.78. The average molecular weight is 396 g/mol. The van der Waals surface area contributed by atoms with Crippen molar-refractivity contribution in [1.82, 2.24) is 15.1 Å². The van der Waals surface area contributed by atoms with Crippen molar-refractivity contribution in [2.45, 2.75) is 6.18 Å². The quantitative estimate of drug-likeness (QED) is 0.492. The zero-order valence-corrected chi connectivity index (χ0v) is 15.2. The van der Waals surface area contributed by atoms with Gasteiger partial charge >= 0.3 is 6.18 Å². The number of anilines is 1. The largest absolute Gasteiger partial charge is 0.417 e. The Labute approximate surface area is 164 Å². The number of hydrogen-bond acceptors (Lipinski definition) is 5. The van der Waals surface area contributed by atoms with E-state index in [4.69, 9.17) is 4.52 Å². The Morgan fingerprint density at radius 1 is 0.862 bits per heavy atom. The summed E-state index contributed by atoms with van der Waals surface area (Å²) in [6.45, 7) is 0. The Bertz CT molecular complexity index is 1140. The molecule has 0 aliphatic heterocycles. The van der Waals surface area contributed by atoms with Gasteiger partial charge in [0.05, 0.1) is 11.1 Å². The van der Waals surface area contributed by atoms with Crippen molar-refractivity contribution < 1.29 is 17.7 Å². The third-order valence-electron chi connectivity index (χ3n) is 4.39. The minimum Gasteiger partial charge on any atom is -0.373 e. The van der Waals surface area contributed by atoms with E-state index in [0.29, 0.717) is 28.3 Å². The summed E-state index contributed by atoms with van der Waals surface area (Å²) in [4.78, 5) is 8.58.